The third kappa shape index (κ3) is 4.44. The first-order chi connectivity index (χ1) is 24.3. The molecule has 0 saturated carbocycles. The number of benzene rings is 8. The maximum atomic E-state index is 6.40. The van der Waals surface area contributed by atoms with E-state index in [1.807, 2.05) is 24.3 Å². The molecule has 0 N–H and O–H groups in total. The fourth-order valence-electron chi connectivity index (χ4n) is 7.45. The van der Waals surface area contributed by atoms with Crippen LogP contribution in [0.25, 0.3) is 76.9 Å². The van der Waals surface area contributed by atoms with Crippen LogP contribution in [0.5, 0.6) is 0 Å². The van der Waals surface area contributed by atoms with Gasteiger partial charge in [-0.3, -0.25) is 0 Å². The number of hydrogen-bond donors (Lipinski definition) is 0. The first-order valence-corrected chi connectivity index (χ1v) is 16.6. The van der Waals surface area contributed by atoms with Gasteiger partial charge >= 0.3 is 0 Å². The van der Waals surface area contributed by atoms with Crippen LogP contribution in [0.1, 0.15) is 0 Å². The Labute approximate surface area is 282 Å². The van der Waals surface area contributed by atoms with Gasteiger partial charge in [0.1, 0.15) is 22.3 Å². The Morgan fingerprint density at radius 2 is 0.918 bits per heavy atom. The van der Waals surface area contributed by atoms with E-state index in [0.29, 0.717) is 0 Å². The lowest BCUT2D eigenvalue weighted by Crippen LogP contribution is -2.10. The van der Waals surface area contributed by atoms with Crippen LogP contribution < -0.4 is 4.90 Å². The molecule has 0 radical (unpaired) electrons. The van der Waals surface area contributed by atoms with Gasteiger partial charge in [-0.1, -0.05) is 121 Å². The van der Waals surface area contributed by atoms with Crippen molar-refractivity contribution in [2.24, 2.45) is 0 Å². The molecule has 0 amide bonds. The van der Waals surface area contributed by atoms with Crippen LogP contribution in [0.2, 0.25) is 0 Å². The van der Waals surface area contributed by atoms with Crippen LogP contribution >= 0.6 is 0 Å². The van der Waals surface area contributed by atoms with Gasteiger partial charge < -0.3 is 13.7 Å². The molecule has 3 nitrogen and oxygen atoms in total. The van der Waals surface area contributed by atoms with E-state index < -0.39 is 0 Å². The lowest BCUT2D eigenvalue weighted by Gasteiger charge is -2.28. The summed E-state index contributed by atoms with van der Waals surface area (Å²) in [6.07, 6.45) is 0. The zero-order chi connectivity index (χ0) is 32.3. The summed E-state index contributed by atoms with van der Waals surface area (Å²) in [7, 11) is 0. The van der Waals surface area contributed by atoms with E-state index in [2.05, 4.69) is 157 Å². The van der Waals surface area contributed by atoms with Gasteiger partial charge in [-0.05, 0) is 87.6 Å². The van der Waals surface area contributed by atoms with Crippen molar-refractivity contribution >= 4 is 71.7 Å². The zero-order valence-corrected chi connectivity index (χ0v) is 26.5. The minimum atomic E-state index is 0.861. The summed E-state index contributed by atoms with van der Waals surface area (Å²) >= 11 is 0. The van der Waals surface area contributed by atoms with Crippen LogP contribution in [-0.4, -0.2) is 0 Å². The van der Waals surface area contributed by atoms with E-state index >= 15 is 0 Å². The molecule has 0 spiro atoms. The van der Waals surface area contributed by atoms with E-state index in [4.69, 9.17) is 8.83 Å². The summed E-state index contributed by atoms with van der Waals surface area (Å²) in [5.41, 5.74) is 11.4. The van der Waals surface area contributed by atoms with Gasteiger partial charge in [-0.2, -0.15) is 0 Å². The Balaban J connectivity index is 1.25. The molecule has 0 atom stereocenters. The molecule has 10 aromatic rings. The summed E-state index contributed by atoms with van der Waals surface area (Å²) in [6, 6.07) is 62.1. The standard InChI is InChI=1S/C46H29NO2/c1-3-12-30(13-4-1)35-25-23-34(29-39(35)31-14-5-2-6-15-31)47(40-18-11-21-43-46(40)38-17-8-10-20-42(38)48-43)33-24-26-36-32(28-33)22-27-44-45(36)37-16-7-9-19-41(37)49-44/h1-29H. The molecule has 0 unspecified atom stereocenters. The van der Waals surface area contributed by atoms with Gasteiger partial charge in [0.2, 0.25) is 0 Å². The smallest absolute Gasteiger partial charge is 0.137 e. The van der Waals surface area contributed by atoms with Crippen LogP contribution in [0.15, 0.2) is 185 Å². The summed E-state index contributed by atoms with van der Waals surface area (Å²) in [5.74, 6) is 0. The second-order valence-electron chi connectivity index (χ2n) is 12.5. The number of anilines is 3. The Kier molecular flexibility index (Phi) is 6.18. The summed E-state index contributed by atoms with van der Waals surface area (Å²) in [6.45, 7) is 0. The number of fused-ring (bicyclic) bond motifs is 8. The minimum Gasteiger partial charge on any atom is -0.456 e. The van der Waals surface area contributed by atoms with Gasteiger partial charge in [-0.15, -0.1) is 0 Å². The second-order valence-corrected chi connectivity index (χ2v) is 12.5. The first-order valence-electron chi connectivity index (χ1n) is 16.6. The molecule has 0 aliphatic rings. The molecule has 8 aromatic carbocycles. The number of rotatable bonds is 5. The van der Waals surface area contributed by atoms with Crippen molar-refractivity contribution in [1.82, 2.24) is 0 Å². The lowest BCUT2D eigenvalue weighted by atomic mass is 9.93. The Bertz CT molecular complexity index is 2830. The molecule has 49 heavy (non-hydrogen) atoms. The van der Waals surface area contributed by atoms with Crippen LogP contribution in [-0.2, 0) is 0 Å². The highest BCUT2D eigenvalue weighted by Crippen LogP contribution is 2.46. The monoisotopic (exact) mass is 627 g/mol. The largest absolute Gasteiger partial charge is 0.456 e. The zero-order valence-electron chi connectivity index (χ0n) is 26.5. The Hall–Kier alpha value is -6.58. The SMILES string of the molecule is c1ccc(-c2ccc(N(c3ccc4c(ccc5oc6ccccc6c54)c3)c3cccc4oc5ccccc5c34)cc2-c2ccccc2)cc1. The number of hydrogen-bond acceptors (Lipinski definition) is 3. The van der Waals surface area contributed by atoms with E-state index in [-0.39, 0.29) is 0 Å². The fourth-order valence-corrected chi connectivity index (χ4v) is 7.45. The molecular formula is C46H29NO2. The van der Waals surface area contributed by atoms with E-state index in [1.54, 1.807) is 0 Å². The third-order valence-electron chi connectivity index (χ3n) is 9.65. The molecule has 0 bridgehead atoms. The molecule has 10 rings (SSSR count). The minimum absolute atomic E-state index is 0.861. The van der Waals surface area contributed by atoms with Gasteiger partial charge in [0.05, 0.1) is 11.1 Å². The van der Waals surface area contributed by atoms with E-state index in [1.165, 1.54) is 27.6 Å². The van der Waals surface area contributed by atoms with Crippen molar-refractivity contribution < 1.29 is 8.83 Å². The van der Waals surface area contributed by atoms with Crippen molar-refractivity contribution in [3.63, 3.8) is 0 Å². The van der Waals surface area contributed by atoms with Crippen molar-refractivity contribution in [1.29, 1.82) is 0 Å². The second kappa shape index (κ2) is 11.0. The summed E-state index contributed by atoms with van der Waals surface area (Å²) in [4.78, 5) is 2.38. The normalized spacial score (nSPS) is 11.7. The quantitative estimate of drug-likeness (QED) is 0.190. The van der Waals surface area contributed by atoms with Crippen molar-refractivity contribution in [3.05, 3.63) is 176 Å². The number of furan rings is 2. The van der Waals surface area contributed by atoms with Gasteiger partial charge in [0.25, 0.3) is 0 Å². The average Bonchev–Trinajstić information content (AvgIpc) is 3.75. The van der Waals surface area contributed by atoms with Crippen LogP contribution in [0.4, 0.5) is 17.1 Å². The molecule has 2 aromatic heterocycles. The van der Waals surface area contributed by atoms with Crippen LogP contribution in [0.3, 0.4) is 0 Å². The van der Waals surface area contributed by atoms with Gasteiger partial charge in [-0.25, -0.2) is 0 Å². The van der Waals surface area contributed by atoms with Crippen LogP contribution in [0, 0.1) is 0 Å². The molecule has 230 valence electrons. The topological polar surface area (TPSA) is 29.5 Å². The van der Waals surface area contributed by atoms with Crippen molar-refractivity contribution in [2.75, 3.05) is 4.90 Å². The molecule has 0 aliphatic heterocycles. The van der Waals surface area contributed by atoms with E-state index in [9.17, 15) is 0 Å². The highest BCUT2D eigenvalue weighted by molar-refractivity contribution is 6.19. The molecule has 3 heteroatoms. The average molecular weight is 628 g/mol. The van der Waals surface area contributed by atoms with Gasteiger partial charge in [0.15, 0.2) is 0 Å². The molecular weight excluding hydrogens is 599 g/mol. The summed E-state index contributed by atoms with van der Waals surface area (Å²) in [5, 5.41) is 6.77. The predicted molar refractivity (Wildman–Crippen MR) is 204 cm³/mol. The highest BCUT2D eigenvalue weighted by atomic mass is 16.3. The maximum absolute atomic E-state index is 6.40. The maximum Gasteiger partial charge on any atom is 0.137 e. The summed E-state index contributed by atoms with van der Waals surface area (Å²) < 4.78 is 12.6. The van der Waals surface area contributed by atoms with Crippen molar-refractivity contribution in [2.45, 2.75) is 0 Å². The molecule has 0 fully saturated rings. The Morgan fingerprint density at radius 3 is 1.65 bits per heavy atom. The fraction of sp³-hybridized carbons (Fsp3) is 0. The highest BCUT2D eigenvalue weighted by Gasteiger charge is 2.22. The van der Waals surface area contributed by atoms with Gasteiger partial charge in [0, 0.05) is 27.5 Å². The van der Waals surface area contributed by atoms with E-state index in [0.717, 1.165) is 66.3 Å². The number of nitrogens with zero attached hydrogens (tertiary/aromatic N) is 1. The number of para-hydroxylation sites is 2. The first kappa shape index (κ1) is 27.5. The van der Waals surface area contributed by atoms with Crippen molar-refractivity contribution in [3.8, 4) is 22.3 Å². The Morgan fingerprint density at radius 1 is 0.347 bits per heavy atom. The molecule has 2 heterocycles. The lowest BCUT2D eigenvalue weighted by molar-refractivity contribution is 0.668. The predicted octanol–water partition coefficient (Wildman–Crippen LogP) is 13.4. The molecule has 0 aliphatic carbocycles. The molecule has 0 saturated heterocycles. The third-order valence-corrected chi connectivity index (χ3v) is 9.65.